The Bertz CT molecular complexity index is 1120. The zero-order valence-corrected chi connectivity index (χ0v) is 18.6. The minimum Gasteiger partial charge on any atom is -0.478 e. The topological polar surface area (TPSA) is 178 Å². The van der Waals surface area contributed by atoms with Gasteiger partial charge in [0, 0.05) is 17.8 Å². The molecule has 2 aromatic rings. The maximum Gasteiger partial charge on any atom is 0.336 e. The van der Waals surface area contributed by atoms with Gasteiger partial charge >= 0.3 is 5.97 Å². The molecule has 35 heavy (non-hydrogen) atoms. The second-order valence-electron chi connectivity index (χ2n) is 7.55. The first kappa shape index (κ1) is 25.2. The molecule has 2 atom stereocenters. The molecule has 184 valence electrons. The van der Waals surface area contributed by atoms with Crippen molar-refractivity contribution >= 4 is 35.9 Å². The lowest BCUT2D eigenvalue weighted by atomic mass is 10.0. The van der Waals surface area contributed by atoms with Crippen molar-refractivity contribution in [2.75, 3.05) is 31.6 Å². The predicted molar refractivity (Wildman–Crippen MR) is 125 cm³/mol. The van der Waals surface area contributed by atoms with E-state index in [1.807, 2.05) is 0 Å². The monoisotopic (exact) mass is 483 g/mol. The van der Waals surface area contributed by atoms with E-state index in [1.165, 1.54) is 18.2 Å². The van der Waals surface area contributed by atoms with E-state index >= 15 is 0 Å². The minimum atomic E-state index is -1.20. The lowest BCUT2D eigenvalue weighted by Crippen LogP contribution is -2.42. The highest BCUT2D eigenvalue weighted by Crippen LogP contribution is 2.19. The van der Waals surface area contributed by atoms with E-state index in [0.29, 0.717) is 18.2 Å². The number of carbonyl (C=O) groups is 4. The number of carboxylic acids is 1. The number of hydrogen-bond acceptors (Lipinski definition) is 9. The van der Waals surface area contributed by atoms with Gasteiger partial charge < -0.3 is 36.2 Å². The first-order valence-electron chi connectivity index (χ1n) is 10.7. The molecule has 0 spiro atoms. The fourth-order valence-electron chi connectivity index (χ4n) is 3.34. The van der Waals surface area contributed by atoms with Gasteiger partial charge in [0.15, 0.2) is 5.96 Å². The van der Waals surface area contributed by atoms with Crippen LogP contribution < -0.4 is 21.3 Å². The molecule has 2 unspecified atom stereocenters. The molecule has 0 aromatic heterocycles. The van der Waals surface area contributed by atoms with Crippen LogP contribution in [0.2, 0.25) is 0 Å². The molecule has 0 aliphatic carbocycles. The van der Waals surface area contributed by atoms with Crippen molar-refractivity contribution in [3.05, 3.63) is 65.2 Å². The highest BCUT2D eigenvalue weighted by molar-refractivity contribution is 5.99. The van der Waals surface area contributed by atoms with E-state index in [-0.39, 0.29) is 36.3 Å². The van der Waals surface area contributed by atoms with Gasteiger partial charge in [0.05, 0.1) is 30.8 Å². The van der Waals surface area contributed by atoms with Crippen LogP contribution in [0.15, 0.2) is 53.5 Å². The Balaban J connectivity index is 1.60. The highest BCUT2D eigenvalue weighted by Gasteiger charge is 2.21. The molecule has 2 amide bonds. The van der Waals surface area contributed by atoms with E-state index in [9.17, 15) is 29.4 Å². The quantitative estimate of drug-likeness (QED) is 0.251. The first-order chi connectivity index (χ1) is 16.9. The van der Waals surface area contributed by atoms with E-state index in [4.69, 9.17) is 4.74 Å². The molecular weight excluding hydrogens is 458 g/mol. The van der Waals surface area contributed by atoms with Crippen molar-refractivity contribution < 1.29 is 34.1 Å². The van der Waals surface area contributed by atoms with Gasteiger partial charge in [0.25, 0.3) is 12.4 Å². The van der Waals surface area contributed by atoms with Gasteiger partial charge in [0.1, 0.15) is 6.61 Å². The molecule has 1 heterocycles. The summed E-state index contributed by atoms with van der Waals surface area (Å²) in [6, 6.07) is 11.6. The maximum atomic E-state index is 12.6. The molecular formula is C23H25N5O7. The number of nitrogens with zero attached hydrogens (tertiary/aromatic N) is 1. The number of hydrogen-bond donors (Lipinski definition) is 6. The molecule has 12 heteroatoms. The van der Waals surface area contributed by atoms with Crippen LogP contribution in [0.4, 0.5) is 5.69 Å². The molecule has 12 nitrogen and oxygen atoms in total. The molecule has 1 aliphatic rings. The third kappa shape index (κ3) is 7.27. The second kappa shape index (κ2) is 12.1. The van der Waals surface area contributed by atoms with Gasteiger partial charge in [0.2, 0.25) is 5.91 Å². The average Bonchev–Trinajstić information content (AvgIpc) is 2.86. The maximum absolute atomic E-state index is 12.6. The largest absolute Gasteiger partial charge is 0.478 e. The van der Waals surface area contributed by atoms with E-state index in [0.717, 1.165) is 0 Å². The zero-order valence-electron chi connectivity index (χ0n) is 18.6. The number of aromatic carboxylic acids is 1. The van der Waals surface area contributed by atoms with Crippen LogP contribution in [0.3, 0.4) is 0 Å². The number of benzene rings is 2. The molecule has 0 bridgehead atoms. The van der Waals surface area contributed by atoms with Gasteiger partial charge in [-0.2, -0.15) is 0 Å². The number of rotatable bonds is 10. The third-order valence-corrected chi connectivity index (χ3v) is 5.00. The summed E-state index contributed by atoms with van der Waals surface area (Å²) in [6.45, 7) is 0.144. The van der Waals surface area contributed by atoms with Crippen molar-refractivity contribution in [2.45, 2.75) is 12.1 Å². The summed E-state index contributed by atoms with van der Waals surface area (Å²) in [7, 11) is 0. The number of aliphatic imine (C=N–C) groups is 1. The van der Waals surface area contributed by atoms with Crippen LogP contribution in [0.5, 0.6) is 0 Å². The smallest absolute Gasteiger partial charge is 0.336 e. The molecule has 2 aromatic carbocycles. The van der Waals surface area contributed by atoms with E-state index in [1.54, 1.807) is 30.3 Å². The number of guanidine groups is 1. The number of carboxylic acid groups (broad SMARTS) is 1. The Morgan fingerprint density at radius 1 is 1.20 bits per heavy atom. The number of aliphatic hydroxyl groups is 1. The second-order valence-corrected chi connectivity index (χ2v) is 7.55. The molecule has 3 rings (SSSR count). The fourth-order valence-corrected chi connectivity index (χ4v) is 3.34. The number of aliphatic hydroxyl groups excluding tert-OH is 1. The van der Waals surface area contributed by atoms with E-state index < -0.39 is 36.5 Å². The summed E-state index contributed by atoms with van der Waals surface area (Å²) < 4.78 is 4.75. The number of ether oxygens (including phenoxy) is 1. The number of carbonyl (C=O) groups excluding carboxylic acids is 3. The number of nitrogens with one attached hydrogen (secondary N) is 4. The standard InChI is InChI=1S/C23H25N5O7/c29-13-35-12-19(17-6-1-2-7-18(17)22(33)34)28-20(31)11-24-21(32)14-4-3-5-15(8-14)27-23-25-9-16(30)10-26-23/h1-8,13,16,19,30H,9-12H2,(H,24,32)(H,28,31)(H,33,34)(H2,25,26,27). The Morgan fingerprint density at radius 2 is 2.00 bits per heavy atom. The van der Waals surface area contributed by atoms with Gasteiger partial charge in [-0.3, -0.25) is 19.4 Å². The van der Waals surface area contributed by atoms with Crippen molar-refractivity contribution in [3.63, 3.8) is 0 Å². The normalized spacial score (nSPS) is 15.6. The van der Waals surface area contributed by atoms with Crippen molar-refractivity contribution in [1.29, 1.82) is 0 Å². The molecule has 6 N–H and O–H groups in total. The highest BCUT2D eigenvalue weighted by atomic mass is 16.5. The van der Waals surface area contributed by atoms with Crippen LogP contribution in [-0.4, -0.2) is 72.8 Å². The average molecular weight is 483 g/mol. The van der Waals surface area contributed by atoms with Crippen LogP contribution in [-0.2, 0) is 14.3 Å². The molecule has 0 saturated carbocycles. The van der Waals surface area contributed by atoms with Crippen LogP contribution in [0.1, 0.15) is 32.3 Å². The van der Waals surface area contributed by atoms with Gasteiger partial charge in [-0.05, 0) is 29.8 Å². The Labute approximate surface area is 200 Å². The van der Waals surface area contributed by atoms with Crippen molar-refractivity contribution in [3.8, 4) is 0 Å². The Morgan fingerprint density at radius 3 is 2.71 bits per heavy atom. The molecule has 0 saturated heterocycles. The summed E-state index contributed by atoms with van der Waals surface area (Å²) in [6.07, 6.45) is -0.550. The van der Waals surface area contributed by atoms with Gasteiger partial charge in [-0.15, -0.1) is 0 Å². The van der Waals surface area contributed by atoms with Crippen LogP contribution in [0.25, 0.3) is 0 Å². The first-order valence-corrected chi connectivity index (χ1v) is 10.7. The Hall–Kier alpha value is -4.45. The summed E-state index contributed by atoms with van der Waals surface area (Å²) >= 11 is 0. The lowest BCUT2D eigenvalue weighted by Gasteiger charge is -2.20. The molecule has 0 radical (unpaired) electrons. The number of amides is 2. The van der Waals surface area contributed by atoms with E-state index in [2.05, 4.69) is 26.3 Å². The Kier molecular flexibility index (Phi) is 8.73. The fraction of sp³-hybridized carbons (Fsp3) is 0.261. The number of anilines is 1. The van der Waals surface area contributed by atoms with Gasteiger partial charge in [-0.25, -0.2) is 4.79 Å². The molecule has 1 aliphatic heterocycles. The summed E-state index contributed by atoms with van der Waals surface area (Å²) in [5.41, 5.74) is 1.08. The summed E-state index contributed by atoms with van der Waals surface area (Å²) in [5, 5.41) is 29.9. The minimum absolute atomic E-state index is 0.0489. The lowest BCUT2D eigenvalue weighted by molar-refractivity contribution is -0.131. The van der Waals surface area contributed by atoms with Crippen molar-refractivity contribution in [2.24, 2.45) is 4.99 Å². The van der Waals surface area contributed by atoms with Crippen LogP contribution in [0, 0.1) is 0 Å². The van der Waals surface area contributed by atoms with Crippen molar-refractivity contribution in [1.82, 2.24) is 16.0 Å². The zero-order chi connectivity index (χ0) is 25.2. The third-order valence-electron chi connectivity index (χ3n) is 5.00. The molecule has 0 fully saturated rings. The summed E-state index contributed by atoms with van der Waals surface area (Å²) in [5.74, 6) is -1.84. The van der Waals surface area contributed by atoms with Gasteiger partial charge in [-0.1, -0.05) is 24.3 Å². The van der Waals surface area contributed by atoms with Crippen LogP contribution >= 0.6 is 0 Å². The predicted octanol–water partition coefficient (Wildman–Crippen LogP) is -0.123. The number of β-amino-alcohol motifs (C(OH)–C–C–N with tert-alkyl or cyclic N) is 1. The SMILES string of the molecule is O=COCC(NC(=O)CNC(=O)c1cccc(NC2=NCC(O)CN2)c1)c1ccccc1C(=O)O. The summed E-state index contributed by atoms with van der Waals surface area (Å²) in [4.78, 5) is 51.4.